The Labute approximate surface area is 175 Å². The molecule has 0 saturated heterocycles. The molecule has 1 nitrogen and oxygen atoms in total. The summed E-state index contributed by atoms with van der Waals surface area (Å²) in [5, 5.41) is 0. The van der Waals surface area contributed by atoms with Crippen molar-refractivity contribution in [1.82, 2.24) is 0 Å². The second kappa shape index (κ2) is 9.87. The van der Waals surface area contributed by atoms with Gasteiger partial charge in [-0.15, -0.1) is 0 Å². The number of hydrogen-bond acceptors (Lipinski definition) is 1. The van der Waals surface area contributed by atoms with E-state index < -0.39 is 10.8 Å². The van der Waals surface area contributed by atoms with Crippen LogP contribution in [0.25, 0.3) is 0 Å². The Morgan fingerprint density at radius 3 is 1.36 bits per heavy atom. The lowest BCUT2D eigenvalue weighted by Gasteiger charge is -2.18. The molecule has 0 bridgehead atoms. The SMILES string of the molecule is Cc1ccc(S(=O)c2ccc(C)c(CC(C)C(C)C)c2)cc1CC(C)C(C)C. The molecule has 2 aromatic rings. The topological polar surface area (TPSA) is 17.1 Å². The molecule has 154 valence electrons. The zero-order chi connectivity index (χ0) is 21.0. The third kappa shape index (κ3) is 5.80. The van der Waals surface area contributed by atoms with Gasteiger partial charge >= 0.3 is 0 Å². The Kier molecular flexibility index (Phi) is 8.07. The average Bonchev–Trinajstić information content (AvgIpc) is 2.64. The first-order valence-corrected chi connectivity index (χ1v) is 11.9. The number of benzene rings is 2. The van der Waals surface area contributed by atoms with E-state index in [4.69, 9.17) is 0 Å². The van der Waals surface area contributed by atoms with Crippen LogP contribution in [0.1, 0.15) is 63.8 Å². The van der Waals surface area contributed by atoms with Gasteiger partial charge in [0.25, 0.3) is 0 Å². The third-order valence-corrected chi connectivity index (χ3v) is 7.79. The molecule has 2 aromatic carbocycles. The fourth-order valence-electron chi connectivity index (χ4n) is 3.27. The molecule has 0 amide bonds. The van der Waals surface area contributed by atoms with Crippen LogP contribution in [0.2, 0.25) is 0 Å². The van der Waals surface area contributed by atoms with Gasteiger partial charge in [-0.25, -0.2) is 4.21 Å². The van der Waals surface area contributed by atoms with Crippen LogP contribution in [0.3, 0.4) is 0 Å². The third-order valence-electron chi connectivity index (χ3n) is 6.43. The summed E-state index contributed by atoms with van der Waals surface area (Å²) >= 11 is 0. The van der Waals surface area contributed by atoms with Crippen molar-refractivity contribution in [3.63, 3.8) is 0 Å². The van der Waals surface area contributed by atoms with E-state index >= 15 is 0 Å². The molecular weight excluding hydrogens is 360 g/mol. The van der Waals surface area contributed by atoms with Crippen LogP contribution >= 0.6 is 0 Å². The van der Waals surface area contributed by atoms with Gasteiger partial charge in [-0.1, -0.05) is 53.7 Å². The number of hydrogen-bond donors (Lipinski definition) is 0. The molecule has 2 unspecified atom stereocenters. The second-order valence-corrected chi connectivity index (χ2v) is 10.8. The Morgan fingerprint density at radius 2 is 1.04 bits per heavy atom. The minimum atomic E-state index is -1.13. The molecule has 2 atom stereocenters. The van der Waals surface area contributed by atoms with Crippen molar-refractivity contribution in [2.45, 2.75) is 78.0 Å². The summed E-state index contributed by atoms with van der Waals surface area (Å²) < 4.78 is 13.3. The van der Waals surface area contributed by atoms with Crippen LogP contribution in [0.5, 0.6) is 0 Å². The predicted octanol–water partition coefficient (Wildman–Crippen LogP) is 7.14. The number of rotatable bonds is 8. The first kappa shape index (κ1) is 22.9. The van der Waals surface area contributed by atoms with Crippen molar-refractivity contribution in [2.75, 3.05) is 0 Å². The Bertz CT molecular complexity index is 752. The monoisotopic (exact) mass is 398 g/mol. The summed E-state index contributed by atoms with van der Waals surface area (Å²) in [5.41, 5.74) is 5.24. The Hall–Kier alpha value is -1.41. The average molecular weight is 399 g/mol. The van der Waals surface area contributed by atoms with Crippen LogP contribution in [0, 0.1) is 37.5 Å². The van der Waals surface area contributed by atoms with E-state index in [0.717, 1.165) is 22.6 Å². The molecule has 0 aliphatic rings. The summed E-state index contributed by atoms with van der Waals surface area (Å²) in [6.07, 6.45) is 2.08. The van der Waals surface area contributed by atoms with Gasteiger partial charge < -0.3 is 0 Å². The van der Waals surface area contributed by atoms with E-state index in [2.05, 4.69) is 79.7 Å². The van der Waals surface area contributed by atoms with E-state index in [9.17, 15) is 4.21 Å². The van der Waals surface area contributed by atoms with Gasteiger partial charge in [0.1, 0.15) is 0 Å². The zero-order valence-electron chi connectivity index (χ0n) is 19.0. The fourth-order valence-corrected chi connectivity index (χ4v) is 4.42. The van der Waals surface area contributed by atoms with E-state index in [0.29, 0.717) is 23.7 Å². The molecular formula is C26H38OS. The highest BCUT2D eigenvalue weighted by atomic mass is 32.2. The molecule has 2 heteroatoms. The van der Waals surface area contributed by atoms with Gasteiger partial charge in [-0.05, 0) is 96.9 Å². The van der Waals surface area contributed by atoms with Crippen molar-refractivity contribution in [2.24, 2.45) is 23.7 Å². The summed E-state index contributed by atoms with van der Waals surface area (Å²) in [7, 11) is -1.13. The number of aryl methyl sites for hydroxylation is 2. The summed E-state index contributed by atoms with van der Waals surface area (Å²) in [6, 6.07) is 12.7. The van der Waals surface area contributed by atoms with Gasteiger partial charge in [0, 0.05) is 9.79 Å². The minimum absolute atomic E-state index is 0.617. The zero-order valence-corrected chi connectivity index (χ0v) is 19.8. The van der Waals surface area contributed by atoms with E-state index in [1.54, 1.807) is 0 Å². The fraction of sp³-hybridized carbons (Fsp3) is 0.538. The maximum absolute atomic E-state index is 13.3. The second-order valence-electron chi connectivity index (χ2n) is 9.30. The van der Waals surface area contributed by atoms with Gasteiger partial charge in [0.15, 0.2) is 0 Å². The van der Waals surface area contributed by atoms with E-state index in [1.165, 1.54) is 22.3 Å². The summed E-state index contributed by atoms with van der Waals surface area (Å²) in [4.78, 5) is 1.84. The van der Waals surface area contributed by atoms with Gasteiger partial charge in [-0.3, -0.25) is 0 Å². The highest BCUT2D eigenvalue weighted by Crippen LogP contribution is 2.26. The molecule has 0 aliphatic carbocycles. The maximum atomic E-state index is 13.3. The highest BCUT2D eigenvalue weighted by molar-refractivity contribution is 7.85. The molecule has 2 rings (SSSR count). The van der Waals surface area contributed by atoms with Crippen molar-refractivity contribution in [3.05, 3.63) is 58.7 Å². The van der Waals surface area contributed by atoms with Gasteiger partial charge in [0.05, 0.1) is 10.8 Å². The van der Waals surface area contributed by atoms with E-state index in [-0.39, 0.29) is 0 Å². The quantitative estimate of drug-likeness (QED) is 0.462. The van der Waals surface area contributed by atoms with Crippen LogP contribution in [-0.4, -0.2) is 4.21 Å². The largest absolute Gasteiger partial charge is 0.249 e. The minimum Gasteiger partial charge on any atom is -0.249 e. The lowest BCUT2D eigenvalue weighted by atomic mass is 9.89. The van der Waals surface area contributed by atoms with Gasteiger partial charge in [-0.2, -0.15) is 0 Å². The van der Waals surface area contributed by atoms with Crippen LogP contribution in [0.15, 0.2) is 46.2 Å². The molecule has 28 heavy (non-hydrogen) atoms. The molecule has 0 fully saturated rings. The highest BCUT2D eigenvalue weighted by Gasteiger charge is 2.15. The van der Waals surface area contributed by atoms with Crippen molar-refractivity contribution in [3.8, 4) is 0 Å². The van der Waals surface area contributed by atoms with Crippen molar-refractivity contribution >= 4 is 10.8 Å². The lowest BCUT2D eigenvalue weighted by Crippen LogP contribution is -2.09. The van der Waals surface area contributed by atoms with Gasteiger partial charge in [0.2, 0.25) is 0 Å². The smallest absolute Gasteiger partial charge is 0.0849 e. The molecule has 0 heterocycles. The summed E-state index contributed by atoms with van der Waals surface area (Å²) in [5.74, 6) is 2.53. The lowest BCUT2D eigenvalue weighted by molar-refractivity contribution is 0.416. The first-order chi connectivity index (χ1) is 13.1. The summed E-state index contributed by atoms with van der Waals surface area (Å²) in [6.45, 7) is 18.0. The van der Waals surface area contributed by atoms with Crippen LogP contribution < -0.4 is 0 Å². The molecule has 0 spiro atoms. The van der Waals surface area contributed by atoms with Crippen molar-refractivity contribution in [1.29, 1.82) is 0 Å². The Morgan fingerprint density at radius 1 is 0.679 bits per heavy atom. The molecule has 0 saturated carbocycles. The molecule has 0 aromatic heterocycles. The van der Waals surface area contributed by atoms with Crippen molar-refractivity contribution < 1.29 is 4.21 Å². The first-order valence-electron chi connectivity index (χ1n) is 10.7. The normalized spacial score (nSPS) is 15.1. The maximum Gasteiger partial charge on any atom is 0.0849 e. The molecule has 0 radical (unpaired) electrons. The standard InChI is InChI=1S/C26H38OS/c1-17(2)21(7)13-23-15-25(11-9-19(23)5)28(27)26-12-10-20(6)24(16-26)14-22(8)18(3)4/h9-12,15-18,21-22H,13-14H2,1-8H3. The van der Waals surface area contributed by atoms with Crippen LogP contribution in [-0.2, 0) is 23.6 Å². The Balaban J connectivity index is 2.31. The molecule has 0 N–H and O–H groups in total. The van der Waals surface area contributed by atoms with Crippen LogP contribution in [0.4, 0.5) is 0 Å². The predicted molar refractivity (Wildman–Crippen MR) is 122 cm³/mol. The van der Waals surface area contributed by atoms with E-state index in [1.807, 2.05) is 12.1 Å². The molecule has 0 aliphatic heterocycles.